The molecule has 1 aromatic carbocycles. The minimum absolute atomic E-state index is 0.0582. The summed E-state index contributed by atoms with van der Waals surface area (Å²) < 4.78 is 35.4. The number of carbonyl (C=O) groups is 2. The van der Waals surface area contributed by atoms with Gasteiger partial charge in [-0.3, -0.25) is 14.5 Å². The molecular formula is C25H33N3O5S. The number of hydrogen-bond acceptors (Lipinski definition) is 6. The second kappa shape index (κ2) is 10.1. The summed E-state index contributed by atoms with van der Waals surface area (Å²) in [7, 11) is -3.63. The molecule has 0 spiro atoms. The zero-order valence-electron chi connectivity index (χ0n) is 20.1. The number of hydrogen-bond donors (Lipinski definition) is 0. The summed E-state index contributed by atoms with van der Waals surface area (Å²) in [6, 6.07) is 8.00. The minimum Gasteiger partial charge on any atom is -0.376 e. The van der Waals surface area contributed by atoms with E-state index in [1.165, 1.54) is 23.4 Å². The van der Waals surface area contributed by atoms with Crippen molar-refractivity contribution < 1.29 is 22.7 Å². The van der Waals surface area contributed by atoms with Gasteiger partial charge in [-0.1, -0.05) is 12.1 Å². The zero-order valence-corrected chi connectivity index (χ0v) is 20.9. The van der Waals surface area contributed by atoms with Crippen LogP contribution in [0.3, 0.4) is 0 Å². The standard InChI is InChI=1S/C25H33N3O5S/c1-18-15-24(19(2)28(18)16-22-5-4-14-33-22)25(30)17-26-10-12-27(13-11-26)34(31,32)23-8-6-21(7-9-23)20(3)29/h6-9,15,22H,4-5,10-14,16-17H2,1-3H3. The number of piperazine rings is 1. The maximum Gasteiger partial charge on any atom is 0.243 e. The van der Waals surface area contributed by atoms with Crippen LogP contribution in [0.1, 0.15) is 51.9 Å². The van der Waals surface area contributed by atoms with Gasteiger partial charge in [-0.15, -0.1) is 0 Å². The highest BCUT2D eigenvalue weighted by atomic mass is 32.2. The van der Waals surface area contributed by atoms with Crippen molar-refractivity contribution in [2.24, 2.45) is 0 Å². The minimum atomic E-state index is -3.63. The molecule has 34 heavy (non-hydrogen) atoms. The number of ether oxygens (including phenoxy) is 1. The molecule has 9 heteroatoms. The van der Waals surface area contributed by atoms with E-state index in [0.29, 0.717) is 31.7 Å². The van der Waals surface area contributed by atoms with Crippen molar-refractivity contribution in [3.05, 3.63) is 52.8 Å². The molecule has 0 saturated carbocycles. The lowest BCUT2D eigenvalue weighted by atomic mass is 10.1. The van der Waals surface area contributed by atoms with E-state index < -0.39 is 10.0 Å². The Kier molecular flexibility index (Phi) is 7.37. The normalized spacial score (nSPS) is 20.0. The van der Waals surface area contributed by atoms with Crippen LogP contribution in [0.25, 0.3) is 0 Å². The van der Waals surface area contributed by atoms with Crippen LogP contribution in [0, 0.1) is 13.8 Å². The van der Waals surface area contributed by atoms with Crippen LogP contribution in [0.5, 0.6) is 0 Å². The van der Waals surface area contributed by atoms with Crippen LogP contribution in [0.4, 0.5) is 0 Å². The maximum absolute atomic E-state index is 13.1. The molecule has 0 N–H and O–H groups in total. The molecule has 2 aliphatic heterocycles. The molecule has 1 atom stereocenters. The van der Waals surface area contributed by atoms with E-state index in [1.807, 2.05) is 24.8 Å². The van der Waals surface area contributed by atoms with Crippen molar-refractivity contribution in [1.29, 1.82) is 0 Å². The largest absolute Gasteiger partial charge is 0.376 e. The Morgan fingerprint density at radius 1 is 1.06 bits per heavy atom. The van der Waals surface area contributed by atoms with Gasteiger partial charge in [0.1, 0.15) is 0 Å². The fourth-order valence-corrected chi connectivity index (χ4v) is 6.21. The number of sulfonamides is 1. The van der Waals surface area contributed by atoms with Crippen molar-refractivity contribution in [3.63, 3.8) is 0 Å². The first-order valence-corrected chi connectivity index (χ1v) is 13.3. The van der Waals surface area contributed by atoms with E-state index in [1.54, 1.807) is 12.1 Å². The highest BCUT2D eigenvalue weighted by Gasteiger charge is 2.30. The van der Waals surface area contributed by atoms with Gasteiger partial charge in [0.05, 0.1) is 17.5 Å². The molecule has 184 valence electrons. The van der Waals surface area contributed by atoms with Gasteiger partial charge in [0.2, 0.25) is 10.0 Å². The van der Waals surface area contributed by atoms with Gasteiger partial charge in [-0.05, 0) is 51.8 Å². The van der Waals surface area contributed by atoms with Crippen molar-refractivity contribution in [2.75, 3.05) is 39.3 Å². The highest BCUT2D eigenvalue weighted by molar-refractivity contribution is 7.89. The van der Waals surface area contributed by atoms with Crippen molar-refractivity contribution >= 4 is 21.6 Å². The van der Waals surface area contributed by atoms with Crippen LogP contribution >= 0.6 is 0 Å². The molecule has 0 amide bonds. The molecular weight excluding hydrogens is 454 g/mol. The maximum atomic E-state index is 13.1. The number of nitrogens with zero attached hydrogens (tertiary/aromatic N) is 3. The molecule has 2 aliphatic rings. The number of rotatable bonds is 8. The van der Waals surface area contributed by atoms with E-state index in [2.05, 4.69) is 4.57 Å². The van der Waals surface area contributed by atoms with Gasteiger partial charge in [0.15, 0.2) is 11.6 Å². The van der Waals surface area contributed by atoms with Crippen LogP contribution in [0.2, 0.25) is 0 Å². The molecule has 8 nitrogen and oxygen atoms in total. The van der Waals surface area contributed by atoms with Crippen LogP contribution in [-0.4, -0.2) is 79.2 Å². The van der Waals surface area contributed by atoms with Gasteiger partial charge in [-0.2, -0.15) is 4.31 Å². The Bertz CT molecular complexity index is 1160. The molecule has 2 fully saturated rings. The van der Waals surface area contributed by atoms with Crippen LogP contribution in [0.15, 0.2) is 35.2 Å². The summed E-state index contributed by atoms with van der Waals surface area (Å²) in [5.74, 6) is -0.0438. The number of carbonyl (C=O) groups excluding carboxylic acids is 2. The smallest absolute Gasteiger partial charge is 0.243 e. The van der Waals surface area contributed by atoms with E-state index in [-0.39, 0.29) is 29.1 Å². The Morgan fingerprint density at radius 2 is 1.74 bits per heavy atom. The quantitative estimate of drug-likeness (QED) is 0.532. The number of aryl methyl sites for hydroxylation is 1. The number of ketones is 2. The molecule has 1 unspecified atom stereocenters. The lowest BCUT2D eigenvalue weighted by Crippen LogP contribution is -2.49. The van der Waals surface area contributed by atoms with E-state index in [4.69, 9.17) is 4.74 Å². The Hall–Kier alpha value is -2.33. The molecule has 4 rings (SSSR count). The van der Waals surface area contributed by atoms with E-state index in [9.17, 15) is 18.0 Å². The first-order valence-electron chi connectivity index (χ1n) is 11.8. The third-order valence-electron chi connectivity index (χ3n) is 6.88. The Balaban J connectivity index is 1.36. The van der Waals surface area contributed by atoms with Gasteiger partial charge in [0, 0.05) is 61.8 Å². The third kappa shape index (κ3) is 5.17. The first kappa shape index (κ1) is 24.8. The summed E-state index contributed by atoms with van der Waals surface area (Å²) in [5.41, 5.74) is 3.24. The molecule has 0 radical (unpaired) electrons. The average Bonchev–Trinajstić information content (AvgIpc) is 3.43. The molecule has 1 aromatic heterocycles. The van der Waals surface area contributed by atoms with Gasteiger partial charge in [-0.25, -0.2) is 8.42 Å². The lowest BCUT2D eigenvalue weighted by molar-refractivity contribution is 0.0896. The first-order chi connectivity index (χ1) is 16.2. The Labute approximate surface area is 201 Å². The molecule has 2 aromatic rings. The highest BCUT2D eigenvalue weighted by Crippen LogP contribution is 2.22. The summed E-state index contributed by atoms with van der Waals surface area (Å²) in [6.07, 6.45) is 2.34. The Morgan fingerprint density at radius 3 is 2.32 bits per heavy atom. The summed E-state index contributed by atoms with van der Waals surface area (Å²) in [5, 5.41) is 0. The third-order valence-corrected chi connectivity index (χ3v) is 8.79. The summed E-state index contributed by atoms with van der Waals surface area (Å²) in [6.45, 7) is 8.93. The molecule has 3 heterocycles. The van der Waals surface area contributed by atoms with Crippen LogP contribution in [-0.2, 0) is 21.3 Å². The molecule has 2 saturated heterocycles. The number of Topliss-reactive ketones (excluding diaryl/α,β-unsaturated/α-hetero) is 2. The number of aromatic nitrogens is 1. The fraction of sp³-hybridized carbons (Fsp3) is 0.520. The summed E-state index contributed by atoms with van der Waals surface area (Å²) >= 11 is 0. The second-order valence-electron chi connectivity index (χ2n) is 9.21. The second-order valence-corrected chi connectivity index (χ2v) is 11.2. The fourth-order valence-electron chi connectivity index (χ4n) is 4.78. The SMILES string of the molecule is CC(=O)c1ccc(S(=O)(=O)N2CCN(CC(=O)c3cc(C)n(CC4CCCO4)c3C)CC2)cc1. The van der Waals surface area contributed by atoms with E-state index >= 15 is 0 Å². The van der Waals surface area contributed by atoms with Gasteiger partial charge in [0.25, 0.3) is 0 Å². The topological polar surface area (TPSA) is 88.9 Å². The van der Waals surface area contributed by atoms with Crippen molar-refractivity contribution in [1.82, 2.24) is 13.8 Å². The average molecular weight is 488 g/mol. The van der Waals surface area contributed by atoms with Crippen LogP contribution < -0.4 is 0 Å². The predicted octanol–water partition coefficient (Wildman–Crippen LogP) is 2.68. The van der Waals surface area contributed by atoms with Crippen molar-refractivity contribution in [3.8, 4) is 0 Å². The molecule has 0 bridgehead atoms. The summed E-state index contributed by atoms with van der Waals surface area (Å²) in [4.78, 5) is 26.7. The monoisotopic (exact) mass is 487 g/mol. The zero-order chi connectivity index (χ0) is 24.5. The van der Waals surface area contributed by atoms with Gasteiger partial charge >= 0.3 is 0 Å². The predicted molar refractivity (Wildman–Crippen MR) is 129 cm³/mol. The lowest BCUT2D eigenvalue weighted by Gasteiger charge is -2.33. The molecule has 0 aliphatic carbocycles. The van der Waals surface area contributed by atoms with Gasteiger partial charge < -0.3 is 9.30 Å². The van der Waals surface area contributed by atoms with Crippen molar-refractivity contribution in [2.45, 2.75) is 51.2 Å². The number of benzene rings is 1. The van der Waals surface area contributed by atoms with E-state index in [0.717, 1.165) is 42.9 Å².